The van der Waals surface area contributed by atoms with Crippen molar-refractivity contribution in [2.24, 2.45) is 5.92 Å². The van der Waals surface area contributed by atoms with E-state index in [4.69, 9.17) is 4.74 Å². The third kappa shape index (κ3) is 5.27. The Morgan fingerprint density at radius 2 is 1.78 bits per heavy atom. The van der Waals surface area contributed by atoms with E-state index in [1.807, 2.05) is 32.0 Å². The van der Waals surface area contributed by atoms with Gasteiger partial charge in [-0.2, -0.15) is 0 Å². The molecule has 0 aromatic heterocycles. The van der Waals surface area contributed by atoms with Gasteiger partial charge in [0.25, 0.3) is 5.91 Å². The van der Waals surface area contributed by atoms with Crippen LogP contribution >= 0.6 is 0 Å². The van der Waals surface area contributed by atoms with Gasteiger partial charge in [0.05, 0.1) is 5.56 Å². The van der Waals surface area contributed by atoms with Crippen molar-refractivity contribution in [2.45, 2.75) is 33.1 Å². The second-order valence-electron chi connectivity index (χ2n) is 7.30. The maximum absolute atomic E-state index is 12.9. The Kier molecular flexibility index (Phi) is 6.40. The average Bonchev–Trinajstić information content (AvgIpc) is 3.50. The normalized spacial score (nSPS) is 13.4. The molecule has 2 aromatic rings. The predicted octanol–water partition coefficient (Wildman–Crippen LogP) is 4.08. The van der Waals surface area contributed by atoms with Gasteiger partial charge in [0.1, 0.15) is 0 Å². The van der Waals surface area contributed by atoms with E-state index in [9.17, 15) is 9.59 Å². The number of hydrogen-bond donors (Lipinski definition) is 1. The summed E-state index contributed by atoms with van der Waals surface area (Å²) in [6.45, 7) is 6.02. The minimum Gasteiger partial charge on any atom is -0.381 e. The summed E-state index contributed by atoms with van der Waals surface area (Å²) >= 11 is 0. The van der Waals surface area contributed by atoms with Crippen LogP contribution in [0.3, 0.4) is 0 Å². The number of carbonyl (C=O) groups excluding carboxylic acids is 2. The summed E-state index contributed by atoms with van der Waals surface area (Å²) < 4.78 is 5.58. The third-order valence-electron chi connectivity index (χ3n) is 4.99. The van der Waals surface area contributed by atoms with Crippen LogP contribution < -0.4 is 5.32 Å². The van der Waals surface area contributed by atoms with E-state index in [1.54, 1.807) is 24.3 Å². The Hall–Kier alpha value is -2.46. The summed E-state index contributed by atoms with van der Waals surface area (Å²) in [5.41, 5.74) is 3.66. The first kappa shape index (κ1) is 19.3. The summed E-state index contributed by atoms with van der Waals surface area (Å²) in [5.74, 6) is 0.407. The van der Waals surface area contributed by atoms with E-state index in [0.717, 1.165) is 30.1 Å². The lowest BCUT2D eigenvalue weighted by Gasteiger charge is -2.11. The second-order valence-corrected chi connectivity index (χ2v) is 7.30. The van der Waals surface area contributed by atoms with Gasteiger partial charge in [-0.15, -0.1) is 0 Å². The monoisotopic (exact) mass is 365 g/mol. The molecule has 0 spiro atoms. The largest absolute Gasteiger partial charge is 0.381 e. The molecular weight excluding hydrogens is 338 g/mol. The quantitative estimate of drug-likeness (QED) is 0.538. The van der Waals surface area contributed by atoms with Crippen molar-refractivity contribution in [3.63, 3.8) is 0 Å². The van der Waals surface area contributed by atoms with E-state index >= 15 is 0 Å². The molecule has 0 atom stereocenters. The van der Waals surface area contributed by atoms with Gasteiger partial charge in [-0.25, -0.2) is 0 Å². The maximum Gasteiger partial charge on any atom is 0.252 e. The highest BCUT2D eigenvalue weighted by atomic mass is 16.5. The Morgan fingerprint density at radius 1 is 1.04 bits per heavy atom. The highest BCUT2D eigenvalue weighted by molar-refractivity contribution is 6.15. The molecule has 1 saturated carbocycles. The molecule has 1 aliphatic rings. The van der Waals surface area contributed by atoms with E-state index in [0.29, 0.717) is 29.8 Å². The van der Waals surface area contributed by atoms with E-state index in [1.165, 1.54) is 12.8 Å². The lowest BCUT2D eigenvalue weighted by atomic mass is 9.95. The summed E-state index contributed by atoms with van der Waals surface area (Å²) in [6, 6.07) is 12.6. The second kappa shape index (κ2) is 8.96. The molecule has 0 radical (unpaired) electrons. The van der Waals surface area contributed by atoms with Gasteiger partial charge in [0.15, 0.2) is 5.78 Å². The van der Waals surface area contributed by atoms with Crippen molar-refractivity contribution in [3.8, 4) is 0 Å². The van der Waals surface area contributed by atoms with Crippen molar-refractivity contribution < 1.29 is 14.3 Å². The molecule has 4 nitrogen and oxygen atoms in total. The SMILES string of the molecule is Cc1ccc(C(=O)c2ccccc2C(=O)NCCCOCC2CC2)cc1C. The number of ketones is 1. The topological polar surface area (TPSA) is 55.4 Å². The Balaban J connectivity index is 1.60. The van der Waals surface area contributed by atoms with Crippen LogP contribution in [0.15, 0.2) is 42.5 Å². The summed E-state index contributed by atoms with van der Waals surface area (Å²) in [5, 5.41) is 2.90. The van der Waals surface area contributed by atoms with Crippen molar-refractivity contribution in [3.05, 3.63) is 70.3 Å². The van der Waals surface area contributed by atoms with Crippen molar-refractivity contribution >= 4 is 11.7 Å². The standard InChI is InChI=1S/C23H27NO3/c1-16-8-11-19(14-17(16)2)22(25)20-6-3-4-7-21(20)23(26)24-12-5-13-27-15-18-9-10-18/h3-4,6-8,11,14,18H,5,9-10,12-13,15H2,1-2H3,(H,24,26). The van der Waals surface area contributed by atoms with Crippen LogP contribution in [0.5, 0.6) is 0 Å². The Bertz CT molecular complexity index is 824. The molecule has 0 unspecified atom stereocenters. The minimum atomic E-state index is -0.218. The van der Waals surface area contributed by atoms with Gasteiger partial charge in [-0.3, -0.25) is 9.59 Å². The zero-order valence-corrected chi connectivity index (χ0v) is 16.1. The molecule has 1 fully saturated rings. The first-order chi connectivity index (χ1) is 13.1. The number of nitrogens with one attached hydrogen (secondary N) is 1. The molecule has 0 bridgehead atoms. The number of ether oxygens (including phenoxy) is 1. The Morgan fingerprint density at radius 3 is 2.48 bits per heavy atom. The van der Waals surface area contributed by atoms with Crippen LogP contribution in [0, 0.1) is 19.8 Å². The Labute approximate surface area is 160 Å². The number of aryl methyl sites for hydroxylation is 2. The third-order valence-corrected chi connectivity index (χ3v) is 4.99. The van der Waals surface area contributed by atoms with E-state index in [-0.39, 0.29) is 11.7 Å². The van der Waals surface area contributed by atoms with E-state index in [2.05, 4.69) is 5.32 Å². The van der Waals surface area contributed by atoms with Crippen LogP contribution in [0.4, 0.5) is 0 Å². The molecule has 0 aliphatic heterocycles. The summed E-state index contributed by atoms with van der Waals surface area (Å²) in [6.07, 6.45) is 3.33. The average molecular weight is 365 g/mol. The summed E-state index contributed by atoms with van der Waals surface area (Å²) in [4.78, 5) is 25.5. The first-order valence-electron chi connectivity index (χ1n) is 9.63. The number of carbonyl (C=O) groups is 2. The fourth-order valence-electron chi connectivity index (χ4n) is 2.92. The zero-order valence-electron chi connectivity index (χ0n) is 16.1. The van der Waals surface area contributed by atoms with Gasteiger partial charge in [-0.1, -0.05) is 30.3 Å². The van der Waals surface area contributed by atoms with Crippen LogP contribution in [0.2, 0.25) is 0 Å². The van der Waals surface area contributed by atoms with E-state index < -0.39 is 0 Å². The zero-order chi connectivity index (χ0) is 19.2. The van der Waals surface area contributed by atoms with Crippen LogP contribution in [0.25, 0.3) is 0 Å². The van der Waals surface area contributed by atoms with Crippen LogP contribution in [0.1, 0.15) is 56.7 Å². The molecule has 1 N–H and O–H groups in total. The number of hydrogen-bond acceptors (Lipinski definition) is 3. The van der Waals surface area contributed by atoms with Crippen molar-refractivity contribution in [1.82, 2.24) is 5.32 Å². The maximum atomic E-state index is 12.9. The molecular formula is C23H27NO3. The molecule has 142 valence electrons. The van der Waals surface area contributed by atoms with Gasteiger partial charge >= 0.3 is 0 Å². The lowest BCUT2D eigenvalue weighted by Crippen LogP contribution is -2.27. The minimum absolute atomic E-state index is 0.128. The number of rotatable bonds is 9. The van der Waals surface area contributed by atoms with Gasteiger partial charge in [0, 0.05) is 30.9 Å². The molecule has 1 aliphatic carbocycles. The highest BCUT2D eigenvalue weighted by Gasteiger charge is 2.21. The summed E-state index contributed by atoms with van der Waals surface area (Å²) in [7, 11) is 0. The number of amides is 1. The van der Waals surface area contributed by atoms with Gasteiger partial charge < -0.3 is 10.1 Å². The highest BCUT2D eigenvalue weighted by Crippen LogP contribution is 2.28. The van der Waals surface area contributed by atoms with Gasteiger partial charge in [-0.05, 0) is 62.3 Å². The number of benzene rings is 2. The van der Waals surface area contributed by atoms with Crippen LogP contribution in [-0.2, 0) is 4.74 Å². The molecule has 0 saturated heterocycles. The smallest absolute Gasteiger partial charge is 0.252 e. The van der Waals surface area contributed by atoms with Gasteiger partial charge in [0.2, 0.25) is 0 Å². The lowest BCUT2D eigenvalue weighted by molar-refractivity contribution is 0.0927. The molecule has 1 amide bonds. The molecule has 4 heteroatoms. The van der Waals surface area contributed by atoms with Crippen LogP contribution in [-0.4, -0.2) is 31.4 Å². The molecule has 2 aromatic carbocycles. The fourth-order valence-corrected chi connectivity index (χ4v) is 2.92. The molecule has 0 heterocycles. The molecule has 3 rings (SSSR count). The predicted molar refractivity (Wildman–Crippen MR) is 106 cm³/mol. The van der Waals surface area contributed by atoms with Crippen molar-refractivity contribution in [2.75, 3.05) is 19.8 Å². The van der Waals surface area contributed by atoms with Crippen molar-refractivity contribution in [1.29, 1.82) is 0 Å². The fraction of sp³-hybridized carbons (Fsp3) is 0.391. The molecule has 27 heavy (non-hydrogen) atoms. The first-order valence-corrected chi connectivity index (χ1v) is 9.63.